The molecule has 6 heteroatoms. The van der Waals surface area contributed by atoms with E-state index in [1.807, 2.05) is 30.5 Å². The van der Waals surface area contributed by atoms with Gasteiger partial charge in [0.05, 0.1) is 16.5 Å². The Morgan fingerprint density at radius 2 is 2.30 bits per heavy atom. The maximum absolute atomic E-state index is 12.5. The molecule has 2 aliphatic heterocycles. The lowest BCUT2D eigenvalue weighted by atomic mass is 9.92. The zero-order chi connectivity index (χ0) is 14.3. The molecule has 1 aromatic heterocycles. The van der Waals surface area contributed by atoms with Crippen molar-refractivity contribution in [1.29, 1.82) is 0 Å². The number of ether oxygens (including phenoxy) is 1. The summed E-state index contributed by atoms with van der Waals surface area (Å²) in [5, 5.41) is 3.86. The summed E-state index contributed by atoms with van der Waals surface area (Å²) in [7, 11) is 0. The fourth-order valence-corrected chi connectivity index (χ4v) is 4.66. The molecule has 0 radical (unpaired) electrons. The molecule has 5 nitrogen and oxygen atoms in total. The molecule has 3 rings (SSSR count). The molecule has 20 heavy (non-hydrogen) atoms. The molecular weight excluding hydrogens is 276 g/mol. The summed E-state index contributed by atoms with van der Waals surface area (Å²) in [6.45, 7) is 8.02. The number of amides is 1. The van der Waals surface area contributed by atoms with Crippen LogP contribution in [0.5, 0.6) is 0 Å². The normalized spacial score (nSPS) is 24.1. The second kappa shape index (κ2) is 5.07. The van der Waals surface area contributed by atoms with Crippen LogP contribution in [-0.2, 0) is 4.74 Å². The van der Waals surface area contributed by atoms with Gasteiger partial charge in [0, 0.05) is 25.4 Å². The number of carbonyl (C=O) groups excluding carboxylic acids is 1. The average molecular weight is 296 g/mol. The van der Waals surface area contributed by atoms with Gasteiger partial charge < -0.3 is 14.2 Å². The van der Waals surface area contributed by atoms with Crippen LogP contribution in [0.3, 0.4) is 0 Å². The van der Waals surface area contributed by atoms with E-state index in [0.29, 0.717) is 23.1 Å². The van der Waals surface area contributed by atoms with E-state index in [1.165, 1.54) is 0 Å². The first-order chi connectivity index (χ1) is 9.54. The van der Waals surface area contributed by atoms with Crippen LogP contribution < -0.4 is 0 Å². The second-order valence-electron chi connectivity index (χ2n) is 5.64. The molecule has 0 N–H and O–H groups in total. The summed E-state index contributed by atoms with van der Waals surface area (Å²) >= 11 is 1.95. The van der Waals surface area contributed by atoms with Gasteiger partial charge in [-0.3, -0.25) is 4.79 Å². The molecule has 1 aromatic rings. The van der Waals surface area contributed by atoms with E-state index in [2.05, 4.69) is 5.16 Å². The first-order valence-electron chi connectivity index (χ1n) is 7.02. The summed E-state index contributed by atoms with van der Waals surface area (Å²) in [5.74, 6) is 1.70. The van der Waals surface area contributed by atoms with Gasteiger partial charge >= 0.3 is 0 Å². The molecule has 0 aliphatic carbocycles. The Bertz CT molecular complexity index is 503. The summed E-state index contributed by atoms with van der Waals surface area (Å²) in [6, 6.07) is 0. The molecule has 1 atom stereocenters. The van der Waals surface area contributed by atoms with Gasteiger partial charge in [0.2, 0.25) is 0 Å². The van der Waals surface area contributed by atoms with Crippen molar-refractivity contribution in [2.75, 3.05) is 25.4 Å². The lowest BCUT2D eigenvalue weighted by molar-refractivity contribution is 0.0357. The summed E-state index contributed by atoms with van der Waals surface area (Å²) in [6.07, 6.45) is 1.40. The van der Waals surface area contributed by atoms with Crippen LogP contribution in [0.15, 0.2) is 4.52 Å². The average Bonchev–Trinajstić information content (AvgIpc) is 2.92. The van der Waals surface area contributed by atoms with Gasteiger partial charge in [-0.25, -0.2) is 0 Å². The molecule has 110 valence electrons. The number of likely N-dealkylation sites (tertiary alicyclic amines) is 1. The summed E-state index contributed by atoms with van der Waals surface area (Å²) in [4.78, 5) is 14.4. The van der Waals surface area contributed by atoms with Gasteiger partial charge in [-0.2, -0.15) is 0 Å². The number of hydrogen-bond donors (Lipinski definition) is 0. The lowest BCUT2D eigenvalue weighted by Crippen LogP contribution is -2.60. The van der Waals surface area contributed by atoms with Gasteiger partial charge in [0.1, 0.15) is 11.3 Å². The highest BCUT2D eigenvalue weighted by Crippen LogP contribution is 2.46. The highest BCUT2D eigenvalue weighted by Gasteiger charge is 2.51. The number of rotatable bonds is 3. The molecule has 2 fully saturated rings. The fourth-order valence-electron chi connectivity index (χ4n) is 3.11. The molecule has 2 saturated heterocycles. The second-order valence-corrected chi connectivity index (χ2v) is 7.12. The molecule has 0 unspecified atom stereocenters. The first-order valence-corrected chi connectivity index (χ1v) is 8.01. The molecule has 0 aromatic carbocycles. The maximum atomic E-state index is 12.5. The number of thioether (sulfide) groups is 1. The van der Waals surface area contributed by atoms with Crippen molar-refractivity contribution in [2.45, 2.75) is 38.0 Å². The molecule has 0 bridgehead atoms. The number of hydrogen-bond acceptors (Lipinski definition) is 5. The van der Waals surface area contributed by atoms with Crippen molar-refractivity contribution in [3.8, 4) is 0 Å². The molecular formula is C14H20N2O3S. The zero-order valence-corrected chi connectivity index (χ0v) is 13.0. The third-order valence-electron chi connectivity index (χ3n) is 4.07. The fraction of sp³-hybridized carbons (Fsp3) is 0.714. The minimum Gasteiger partial charge on any atom is -0.378 e. The SMILES string of the molecule is CCO[C@H]1CSC2(C1)CN(C(=O)c1c(C)noc1C)C2. The van der Waals surface area contributed by atoms with Gasteiger partial charge in [-0.15, -0.1) is 11.8 Å². The number of aromatic nitrogens is 1. The first kappa shape index (κ1) is 13.9. The zero-order valence-electron chi connectivity index (χ0n) is 12.1. The summed E-state index contributed by atoms with van der Waals surface area (Å²) in [5.41, 5.74) is 1.31. The van der Waals surface area contributed by atoms with Gasteiger partial charge in [-0.05, 0) is 27.2 Å². The third-order valence-corrected chi connectivity index (χ3v) is 5.65. The standard InChI is InChI=1S/C14H20N2O3S/c1-4-18-11-5-14(20-6-11)7-16(8-14)13(17)12-9(2)15-19-10(12)3/h11H,4-8H2,1-3H3/t11-/m1/s1. The van der Waals surface area contributed by atoms with Gasteiger partial charge in [0.15, 0.2) is 0 Å². The lowest BCUT2D eigenvalue weighted by Gasteiger charge is -2.47. The van der Waals surface area contributed by atoms with Crippen LogP contribution in [0.1, 0.15) is 35.2 Å². The Kier molecular flexibility index (Phi) is 3.54. The van der Waals surface area contributed by atoms with Crippen molar-refractivity contribution >= 4 is 17.7 Å². The molecule has 3 heterocycles. The molecule has 2 aliphatic rings. The van der Waals surface area contributed by atoms with Crippen LogP contribution in [0, 0.1) is 13.8 Å². The van der Waals surface area contributed by atoms with E-state index in [-0.39, 0.29) is 10.7 Å². The smallest absolute Gasteiger partial charge is 0.259 e. The van der Waals surface area contributed by atoms with E-state index in [4.69, 9.17) is 9.26 Å². The van der Waals surface area contributed by atoms with Crippen molar-refractivity contribution in [1.82, 2.24) is 10.1 Å². The van der Waals surface area contributed by atoms with Gasteiger partial charge in [-0.1, -0.05) is 5.16 Å². The third kappa shape index (κ3) is 2.24. The van der Waals surface area contributed by atoms with Crippen LogP contribution in [-0.4, -0.2) is 52.3 Å². The van der Waals surface area contributed by atoms with Crippen molar-refractivity contribution < 1.29 is 14.1 Å². The highest BCUT2D eigenvalue weighted by molar-refractivity contribution is 8.01. The van der Waals surface area contributed by atoms with Crippen LogP contribution in [0.25, 0.3) is 0 Å². The maximum Gasteiger partial charge on any atom is 0.259 e. The molecule has 1 amide bonds. The van der Waals surface area contributed by atoms with Crippen molar-refractivity contribution in [2.24, 2.45) is 0 Å². The Hall–Kier alpha value is -1.01. The number of aryl methyl sites for hydroxylation is 2. The minimum absolute atomic E-state index is 0.0485. The largest absolute Gasteiger partial charge is 0.378 e. The molecule has 1 spiro atoms. The van der Waals surface area contributed by atoms with Crippen LogP contribution in [0.2, 0.25) is 0 Å². The van der Waals surface area contributed by atoms with E-state index < -0.39 is 0 Å². The van der Waals surface area contributed by atoms with E-state index in [0.717, 1.165) is 31.9 Å². The van der Waals surface area contributed by atoms with E-state index in [9.17, 15) is 4.79 Å². The summed E-state index contributed by atoms with van der Waals surface area (Å²) < 4.78 is 11.0. The highest BCUT2D eigenvalue weighted by atomic mass is 32.2. The Balaban J connectivity index is 1.62. The van der Waals surface area contributed by atoms with Crippen molar-refractivity contribution in [3.63, 3.8) is 0 Å². The van der Waals surface area contributed by atoms with Crippen molar-refractivity contribution in [3.05, 3.63) is 17.0 Å². The molecule has 0 saturated carbocycles. The van der Waals surface area contributed by atoms with Crippen LogP contribution >= 0.6 is 11.8 Å². The Morgan fingerprint density at radius 1 is 1.55 bits per heavy atom. The van der Waals surface area contributed by atoms with Crippen LogP contribution in [0.4, 0.5) is 0 Å². The number of carbonyl (C=O) groups is 1. The minimum atomic E-state index is 0.0485. The Labute approximate surface area is 123 Å². The monoisotopic (exact) mass is 296 g/mol. The quantitative estimate of drug-likeness (QED) is 0.854. The predicted molar refractivity (Wildman–Crippen MR) is 77.1 cm³/mol. The van der Waals surface area contributed by atoms with E-state index >= 15 is 0 Å². The topological polar surface area (TPSA) is 55.6 Å². The van der Waals surface area contributed by atoms with Gasteiger partial charge in [0.25, 0.3) is 5.91 Å². The Morgan fingerprint density at radius 3 is 2.90 bits per heavy atom. The van der Waals surface area contributed by atoms with E-state index in [1.54, 1.807) is 6.92 Å². The predicted octanol–water partition coefficient (Wildman–Crippen LogP) is 2.03. The number of nitrogens with zero attached hydrogens (tertiary/aromatic N) is 2.